The van der Waals surface area contributed by atoms with Crippen molar-refractivity contribution in [3.63, 3.8) is 0 Å². The quantitative estimate of drug-likeness (QED) is 0.0355. The van der Waals surface area contributed by atoms with Crippen LogP contribution in [0.5, 0.6) is 0 Å². The summed E-state index contributed by atoms with van der Waals surface area (Å²) < 4.78 is 57.8. The zero-order valence-corrected chi connectivity index (χ0v) is 38.9. The topological polar surface area (TPSA) is 181 Å². The van der Waals surface area contributed by atoms with Gasteiger partial charge in [-0.2, -0.15) is 0 Å². The van der Waals surface area contributed by atoms with Gasteiger partial charge < -0.3 is 31.1 Å². The van der Waals surface area contributed by atoms with Crippen molar-refractivity contribution in [2.24, 2.45) is 0 Å². The van der Waals surface area contributed by atoms with Gasteiger partial charge in [0.1, 0.15) is 0 Å². The van der Waals surface area contributed by atoms with E-state index < -0.39 is 20.0 Å². The van der Waals surface area contributed by atoms with E-state index >= 15 is 0 Å². The molecule has 0 saturated carbocycles. The molecule has 0 fully saturated rings. The average molecular weight is 895 g/mol. The molecule has 4 aromatic rings. The SMILES string of the molecule is CN(C)c1cccc2c(S(=O)(=O)NCCCCCC(=O)NCCCNCCCCNCCCNC(=O)CCCCCNS(=O)(=O)c3cccc4c(N(C)C)cccc34)cccc12. The van der Waals surface area contributed by atoms with Crippen LogP contribution in [0, 0.1) is 0 Å². The number of unbranched alkanes of at least 4 members (excludes halogenated alkanes) is 5. The van der Waals surface area contributed by atoms with Gasteiger partial charge in [-0.3, -0.25) is 9.59 Å². The molecule has 342 valence electrons. The Bertz CT molecular complexity index is 2080. The smallest absolute Gasteiger partial charge is 0.241 e. The minimum atomic E-state index is -3.66. The number of amides is 2. The Balaban J connectivity index is 0.900. The summed E-state index contributed by atoms with van der Waals surface area (Å²) in [5.74, 6) is 0.0494. The monoisotopic (exact) mass is 894 g/mol. The van der Waals surface area contributed by atoms with Crippen LogP contribution in [0.25, 0.3) is 21.5 Å². The standard InChI is InChI=1S/C46H70N8O6S2/c1-53(2)41-23-13-21-39-37(41)19-15-25-43(39)61(57,58)51-35-9-5-7-27-45(55)49-33-17-31-47-29-11-12-30-48-32-18-34-50-46(56)28-8-6-10-36-52-62(59,60)44-26-16-20-38-40(44)22-14-24-42(38)54(3)4/h13-16,19-26,47-48,51-52H,5-12,17-18,27-36H2,1-4H3,(H,49,55)(H,50,56). The second-order valence-electron chi connectivity index (χ2n) is 16.1. The summed E-state index contributed by atoms with van der Waals surface area (Å²) in [7, 11) is 0.425. The summed E-state index contributed by atoms with van der Waals surface area (Å²) in [4.78, 5) is 29.0. The number of hydrogen-bond acceptors (Lipinski definition) is 10. The van der Waals surface area contributed by atoms with Crippen molar-refractivity contribution in [3.05, 3.63) is 72.8 Å². The fourth-order valence-corrected chi connectivity index (χ4v) is 9.92. The highest BCUT2D eigenvalue weighted by molar-refractivity contribution is 7.90. The summed E-state index contributed by atoms with van der Waals surface area (Å²) in [6.45, 7) is 5.41. The van der Waals surface area contributed by atoms with Crippen molar-refractivity contribution in [2.45, 2.75) is 86.8 Å². The molecule has 0 atom stereocenters. The van der Waals surface area contributed by atoms with E-state index in [-0.39, 0.29) is 21.6 Å². The molecule has 0 unspecified atom stereocenters. The van der Waals surface area contributed by atoms with E-state index in [1.165, 1.54) is 0 Å². The van der Waals surface area contributed by atoms with Crippen LogP contribution < -0.4 is 40.5 Å². The molecule has 0 saturated heterocycles. The average Bonchev–Trinajstić information content (AvgIpc) is 3.25. The van der Waals surface area contributed by atoms with Gasteiger partial charge in [0.15, 0.2) is 0 Å². The fraction of sp³-hybridized carbons (Fsp3) is 0.522. The van der Waals surface area contributed by atoms with Gasteiger partial charge in [0.05, 0.1) is 9.79 Å². The number of hydrogen-bond donors (Lipinski definition) is 6. The molecule has 0 spiro atoms. The predicted molar refractivity (Wildman–Crippen MR) is 254 cm³/mol. The summed E-state index contributed by atoms with van der Waals surface area (Å²) in [5, 5.41) is 16.0. The van der Waals surface area contributed by atoms with Gasteiger partial charge in [-0.1, -0.05) is 61.4 Å². The van der Waals surface area contributed by atoms with Crippen molar-refractivity contribution in [1.29, 1.82) is 0 Å². The zero-order chi connectivity index (χ0) is 44.8. The van der Waals surface area contributed by atoms with Gasteiger partial charge in [0.25, 0.3) is 0 Å². The maximum absolute atomic E-state index is 13.1. The van der Waals surface area contributed by atoms with Crippen LogP contribution in [0.1, 0.15) is 77.0 Å². The van der Waals surface area contributed by atoms with E-state index in [1.54, 1.807) is 24.3 Å². The number of carbonyl (C=O) groups is 2. The number of carbonyl (C=O) groups excluding carboxylic acids is 2. The highest BCUT2D eigenvalue weighted by Gasteiger charge is 2.19. The van der Waals surface area contributed by atoms with Gasteiger partial charge in [-0.05, 0) is 102 Å². The van der Waals surface area contributed by atoms with E-state index in [4.69, 9.17) is 0 Å². The highest BCUT2D eigenvalue weighted by Crippen LogP contribution is 2.31. The largest absolute Gasteiger partial charge is 0.377 e. The molecule has 0 heterocycles. The number of nitrogens with zero attached hydrogens (tertiary/aromatic N) is 2. The van der Waals surface area contributed by atoms with E-state index in [9.17, 15) is 26.4 Å². The molecule has 0 aliphatic rings. The van der Waals surface area contributed by atoms with E-state index in [2.05, 4.69) is 30.7 Å². The lowest BCUT2D eigenvalue weighted by Gasteiger charge is -2.17. The first-order chi connectivity index (χ1) is 29.8. The normalized spacial score (nSPS) is 11.9. The number of benzene rings is 4. The number of fused-ring (bicyclic) bond motifs is 2. The van der Waals surface area contributed by atoms with Crippen LogP contribution in [0.3, 0.4) is 0 Å². The molecular weight excluding hydrogens is 825 g/mol. The van der Waals surface area contributed by atoms with E-state index in [1.807, 2.05) is 86.5 Å². The van der Waals surface area contributed by atoms with Crippen molar-refractivity contribution in [2.75, 3.05) is 90.3 Å². The maximum Gasteiger partial charge on any atom is 0.241 e. The molecule has 4 rings (SSSR count). The second kappa shape index (κ2) is 26.3. The lowest BCUT2D eigenvalue weighted by atomic mass is 10.1. The molecule has 2 amide bonds. The van der Waals surface area contributed by atoms with Crippen molar-refractivity contribution < 1.29 is 26.4 Å². The third kappa shape index (κ3) is 16.4. The van der Waals surface area contributed by atoms with Crippen LogP contribution in [-0.4, -0.2) is 109 Å². The summed E-state index contributed by atoms with van der Waals surface area (Å²) in [5.41, 5.74) is 1.93. The lowest BCUT2D eigenvalue weighted by Crippen LogP contribution is -2.28. The van der Waals surface area contributed by atoms with Crippen LogP contribution in [0.4, 0.5) is 11.4 Å². The van der Waals surface area contributed by atoms with Gasteiger partial charge in [-0.25, -0.2) is 26.3 Å². The molecule has 6 N–H and O–H groups in total. The minimum absolute atomic E-state index is 0.0247. The second-order valence-corrected chi connectivity index (χ2v) is 19.5. The Labute approximate surface area is 370 Å². The summed E-state index contributed by atoms with van der Waals surface area (Å²) in [6.07, 6.45) is 8.92. The van der Waals surface area contributed by atoms with Gasteiger partial charge >= 0.3 is 0 Å². The van der Waals surface area contributed by atoms with Crippen LogP contribution in [0.15, 0.2) is 82.6 Å². The Kier molecular flexibility index (Phi) is 21.4. The lowest BCUT2D eigenvalue weighted by molar-refractivity contribution is -0.122. The van der Waals surface area contributed by atoms with Gasteiger partial charge in [0, 0.05) is 100 Å². The van der Waals surface area contributed by atoms with E-state index in [0.29, 0.717) is 75.5 Å². The molecular formula is C46H70N8O6S2. The molecule has 0 bridgehead atoms. The third-order valence-electron chi connectivity index (χ3n) is 10.7. The van der Waals surface area contributed by atoms with Crippen molar-refractivity contribution in [3.8, 4) is 0 Å². The zero-order valence-electron chi connectivity index (χ0n) is 37.2. The molecule has 0 radical (unpaired) electrons. The molecule has 62 heavy (non-hydrogen) atoms. The molecule has 0 aromatic heterocycles. The van der Waals surface area contributed by atoms with Crippen LogP contribution in [0.2, 0.25) is 0 Å². The molecule has 14 nitrogen and oxygen atoms in total. The fourth-order valence-electron chi connectivity index (χ4n) is 7.33. The Morgan fingerprint density at radius 2 is 0.774 bits per heavy atom. The van der Waals surface area contributed by atoms with E-state index in [0.717, 1.165) is 86.9 Å². The molecule has 0 aliphatic carbocycles. The summed E-state index contributed by atoms with van der Waals surface area (Å²) in [6, 6.07) is 22.0. The Morgan fingerprint density at radius 1 is 0.419 bits per heavy atom. The first kappa shape index (κ1) is 50.3. The molecule has 16 heteroatoms. The Hall–Kier alpha value is -4.32. The van der Waals surface area contributed by atoms with Crippen molar-refractivity contribution in [1.82, 2.24) is 30.7 Å². The third-order valence-corrected chi connectivity index (χ3v) is 13.7. The number of sulfonamides is 2. The van der Waals surface area contributed by atoms with Gasteiger partial charge in [0.2, 0.25) is 31.9 Å². The number of rotatable bonds is 31. The molecule has 4 aromatic carbocycles. The number of anilines is 2. The van der Waals surface area contributed by atoms with Gasteiger partial charge in [-0.15, -0.1) is 0 Å². The maximum atomic E-state index is 13.1. The highest BCUT2D eigenvalue weighted by atomic mass is 32.2. The minimum Gasteiger partial charge on any atom is -0.377 e. The van der Waals surface area contributed by atoms with Crippen LogP contribution in [-0.2, 0) is 29.6 Å². The predicted octanol–water partition coefficient (Wildman–Crippen LogP) is 5.47. The van der Waals surface area contributed by atoms with Crippen LogP contribution >= 0.6 is 0 Å². The first-order valence-corrected chi connectivity index (χ1v) is 25.1. The molecule has 0 aliphatic heterocycles. The van der Waals surface area contributed by atoms with Crippen molar-refractivity contribution >= 4 is 64.8 Å². The first-order valence-electron chi connectivity index (χ1n) is 22.1. The Morgan fingerprint density at radius 3 is 1.18 bits per heavy atom. The summed E-state index contributed by atoms with van der Waals surface area (Å²) >= 11 is 0. The number of nitrogens with one attached hydrogen (secondary N) is 6.